The summed E-state index contributed by atoms with van der Waals surface area (Å²) in [6, 6.07) is 11.6. The van der Waals surface area contributed by atoms with E-state index in [1.165, 1.54) is 13.0 Å². The van der Waals surface area contributed by atoms with Crippen LogP contribution in [0.1, 0.15) is 28.4 Å². The van der Waals surface area contributed by atoms with Crippen LogP contribution in [0, 0.1) is 6.92 Å². The van der Waals surface area contributed by atoms with Gasteiger partial charge in [0.25, 0.3) is 5.91 Å². The molecule has 2 N–H and O–H groups in total. The molecule has 0 unspecified atom stereocenters. The van der Waals surface area contributed by atoms with Crippen LogP contribution in [0.5, 0.6) is 0 Å². The first-order chi connectivity index (χ1) is 11.7. The van der Waals surface area contributed by atoms with Crippen LogP contribution in [0.4, 0.5) is 5.69 Å². The Labute approximate surface area is 150 Å². The Kier molecular flexibility index (Phi) is 5.78. The molecule has 0 aliphatic carbocycles. The number of amides is 1. The summed E-state index contributed by atoms with van der Waals surface area (Å²) in [6.07, 6.45) is 0. The van der Waals surface area contributed by atoms with Crippen molar-refractivity contribution in [3.63, 3.8) is 0 Å². The molecule has 2 aromatic rings. The molecule has 0 saturated carbocycles. The second-order valence-corrected chi connectivity index (χ2v) is 6.58. The summed E-state index contributed by atoms with van der Waals surface area (Å²) in [6.45, 7) is 3.26. The zero-order valence-corrected chi connectivity index (χ0v) is 14.9. The van der Waals surface area contributed by atoms with Crippen molar-refractivity contribution in [3.05, 3.63) is 64.2 Å². The Hall–Kier alpha value is -2.42. The highest BCUT2D eigenvalue weighted by atomic mass is 35.5. The van der Waals surface area contributed by atoms with Crippen molar-refractivity contribution < 1.29 is 22.0 Å². The van der Waals surface area contributed by atoms with Gasteiger partial charge in [0, 0.05) is 16.1 Å². The van der Waals surface area contributed by atoms with Crippen molar-refractivity contribution in [2.75, 3.05) is 5.32 Å². The maximum absolute atomic E-state index is 12.5. The minimum absolute atomic E-state index is 0.120. The lowest BCUT2D eigenvalue weighted by Gasteiger charge is -2.12. The van der Waals surface area contributed by atoms with Crippen molar-refractivity contribution >= 4 is 39.3 Å². The molecule has 0 aromatic heterocycles. The van der Waals surface area contributed by atoms with E-state index in [2.05, 4.69) is 14.8 Å². The van der Waals surface area contributed by atoms with Gasteiger partial charge in [0.05, 0.1) is 11.4 Å². The third-order valence-corrected chi connectivity index (χ3v) is 3.78. The molecule has 2 aromatic carbocycles. The smallest absolute Gasteiger partial charge is 0.321 e. The SMILES string of the molecule is C/C(=N/OS(=O)(=O)O)c1ccc(Cl)cc1NC(=O)c1ccccc1C. The Morgan fingerprint density at radius 3 is 2.52 bits per heavy atom. The van der Waals surface area contributed by atoms with Gasteiger partial charge in [-0.25, -0.2) is 4.28 Å². The highest BCUT2D eigenvalue weighted by Gasteiger charge is 2.14. The maximum Gasteiger partial charge on any atom is 0.466 e. The molecule has 0 radical (unpaired) electrons. The Balaban J connectivity index is 2.36. The largest absolute Gasteiger partial charge is 0.466 e. The summed E-state index contributed by atoms with van der Waals surface area (Å²) >= 11 is 5.97. The molecule has 0 saturated heterocycles. The number of carbonyl (C=O) groups excluding carboxylic acids is 1. The fourth-order valence-electron chi connectivity index (χ4n) is 2.10. The fourth-order valence-corrected chi connectivity index (χ4v) is 2.48. The van der Waals surface area contributed by atoms with Gasteiger partial charge < -0.3 is 5.32 Å². The van der Waals surface area contributed by atoms with Crippen molar-refractivity contribution in [1.29, 1.82) is 0 Å². The molecule has 132 valence electrons. The number of benzene rings is 2. The van der Waals surface area contributed by atoms with E-state index in [0.29, 0.717) is 21.8 Å². The van der Waals surface area contributed by atoms with Gasteiger partial charge in [0.2, 0.25) is 0 Å². The predicted octanol–water partition coefficient (Wildman–Crippen LogP) is 3.44. The summed E-state index contributed by atoms with van der Waals surface area (Å²) in [7, 11) is -4.72. The van der Waals surface area contributed by atoms with E-state index in [1.54, 1.807) is 37.3 Å². The van der Waals surface area contributed by atoms with E-state index in [0.717, 1.165) is 5.56 Å². The predicted molar refractivity (Wildman–Crippen MR) is 95.4 cm³/mol. The summed E-state index contributed by atoms with van der Waals surface area (Å²) in [4.78, 5) is 12.5. The van der Waals surface area contributed by atoms with E-state index >= 15 is 0 Å². The lowest BCUT2D eigenvalue weighted by molar-refractivity contribution is 0.102. The number of hydrogen-bond acceptors (Lipinski definition) is 5. The number of aryl methyl sites for hydroxylation is 1. The van der Waals surface area contributed by atoms with Gasteiger partial charge in [0.15, 0.2) is 0 Å². The first-order valence-corrected chi connectivity index (χ1v) is 8.79. The van der Waals surface area contributed by atoms with Crippen LogP contribution in [-0.4, -0.2) is 24.6 Å². The van der Waals surface area contributed by atoms with Crippen LogP contribution in [0.2, 0.25) is 5.02 Å². The Bertz CT molecular complexity index is 941. The van der Waals surface area contributed by atoms with Crippen LogP contribution in [0.25, 0.3) is 0 Å². The number of hydrogen-bond donors (Lipinski definition) is 2. The Morgan fingerprint density at radius 2 is 1.88 bits per heavy atom. The minimum atomic E-state index is -4.72. The van der Waals surface area contributed by atoms with Crippen molar-refractivity contribution in [1.82, 2.24) is 0 Å². The number of rotatable bonds is 5. The number of nitrogens with one attached hydrogen (secondary N) is 1. The summed E-state index contributed by atoms with van der Waals surface area (Å²) in [5.74, 6) is -0.356. The number of anilines is 1. The number of oxime groups is 1. The van der Waals surface area contributed by atoms with Gasteiger partial charge >= 0.3 is 10.4 Å². The zero-order valence-electron chi connectivity index (χ0n) is 13.4. The fraction of sp³-hybridized carbons (Fsp3) is 0.125. The number of nitrogens with zero attached hydrogens (tertiary/aromatic N) is 1. The van der Waals surface area contributed by atoms with Crippen LogP contribution >= 0.6 is 11.6 Å². The molecular weight excluding hydrogens is 368 g/mol. The standard InChI is InChI=1S/C16H15ClN2O5S/c1-10-5-3-4-6-13(10)16(20)18-15-9-12(17)7-8-14(15)11(2)19-24-25(21,22)23/h3-9H,1-2H3,(H,18,20)(H,21,22,23)/b19-11-. The van der Waals surface area contributed by atoms with Crippen molar-refractivity contribution in [2.45, 2.75) is 13.8 Å². The molecule has 0 bridgehead atoms. The average molecular weight is 383 g/mol. The second-order valence-electron chi connectivity index (χ2n) is 5.14. The topological polar surface area (TPSA) is 105 Å². The first-order valence-electron chi connectivity index (χ1n) is 7.05. The molecule has 0 heterocycles. The number of carbonyl (C=O) groups is 1. The van der Waals surface area contributed by atoms with Gasteiger partial charge in [0.1, 0.15) is 0 Å². The molecule has 0 aliphatic rings. The third kappa shape index (κ3) is 5.28. The summed E-state index contributed by atoms with van der Waals surface area (Å²) in [5.41, 5.74) is 2.10. The van der Waals surface area contributed by atoms with E-state index in [1.807, 2.05) is 6.07 Å². The molecule has 0 fully saturated rings. The summed E-state index contributed by atoms with van der Waals surface area (Å²) in [5, 5.41) is 6.42. The maximum atomic E-state index is 12.5. The Morgan fingerprint density at radius 1 is 1.20 bits per heavy atom. The monoisotopic (exact) mass is 382 g/mol. The quantitative estimate of drug-likeness (QED) is 0.468. The average Bonchev–Trinajstić information content (AvgIpc) is 2.52. The van der Waals surface area contributed by atoms with Gasteiger partial charge in [-0.3, -0.25) is 9.35 Å². The van der Waals surface area contributed by atoms with Crippen molar-refractivity contribution in [3.8, 4) is 0 Å². The molecule has 7 nitrogen and oxygen atoms in total. The van der Waals surface area contributed by atoms with Crippen LogP contribution in [0.3, 0.4) is 0 Å². The normalized spacial score (nSPS) is 11.9. The van der Waals surface area contributed by atoms with E-state index in [9.17, 15) is 13.2 Å². The van der Waals surface area contributed by atoms with E-state index in [-0.39, 0.29) is 11.6 Å². The van der Waals surface area contributed by atoms with Crippen LogP contribution < -0.4 is 5.32 Å². The third-order valence-electron chi connectivity index (χ3n) is 3.28. The van der Waals surface area contributed by atoms with E-state index in [4.69, 9.17) is 16.2 Å². The van der Waals surface area contributed by atoms with Crippen LogP contribution in [0.15, 0.2) is 47.6 Å². The van der Waals surface area contributed by atoms with Gasteiger partial charge in [-0.1, -0.05) is 35.0 Å². The van der Waals surface area contributed by atoms with Gasteiger partial charge in [-0.15, -0.1) is 0 Å². The van der Waals surface area contributed by atoms with E-state index < -0.39 is 10.4 Å². The molecule has 0 aliphatic heterocycles. The molecule has 0 spiro atoms. The zero-order chi connectivity index (χ0) is 18.6. The van der Waals surface area contributed by atoms with Crippen molar-refractivity contribution in [2.24, 2.45) is 5.16 Å². The van der Waals surface area contributed by atoms with Crippen LogP contribution in [-0.2, 0) is 14.7 Å². The number of halogens is 1. The lowest BCUT2D eigenvalue weighted by atomic mass is 10.1. The minimum Gasteiger partial charge on any atom is -0.321 e. The molecule has 0 atom stereocenters. The summed E-state index contributed by atoms with van der Waals surface area (Å²) < 4.78 is 33.9. The van der Waals surface area contributed by atoms with Gasteiger partial charge in [-0.2, -0.15) is 8.42 Å². The first kappa shape index (κ1) is 18.9. The molecule has 2 rings (SSSR count). The highest BCUT2D eigenvalue weighted by Crippen LogP contribution is 2.23. The highest BCUT2D eigenvalue weighted by molar-refractivity contribution is 7.80. The second kappa shape index (κ2) is 7.64. The molecular formula is C16H15ClN2O5S. The molecule has 1 amide bonds. The molecule has 25 heavy (non-hydrogen) atoms. The van der Waals surface area contributed by atoms with Gasteiger partial charge in [-0.05, 0) is 43.7 Å². The lowest BCUT2D eigenvalue weighted by Crippen LogP contribution is -2.16. The molecule has 9 heteroatoms.